The van der Waals surface area contributed by atoms with E-state index in [9.17, 15) is 0 Å². The third-order valence-electron chi connectivity index (χ3n) is 3.17. The van der Waals surface area contributed by atoms with Gasteiger partial charge in [0.1, 0.15) is 0 Å². The molecule has 0 aromatic heterocycles. The van der Waals surface area contributed by atoms with Crippen molar-refractivity contribution in [1.29, 1.82) is 0 Å². The maximum absolute atomic E-state index is 6.24. The minimum atomic E-state index is 0.299. The Morgan fingerprint density at radius 1 is 1.41 bits per heavy atom. The van der Waals surface area contributed by atoms with Gasteiger partial charge in [0.2, 0.25) is 0 Å². The summed E-state index contributed by atoms with van der Waals surface area (Å²) >= 11 is 6.24. The van der Waals surface area contributed by atoms with Crippen LogP contribution in [0.5, 0.6) is 0 Å². The Morgan fingerprint density at radius 3 is 3.00 bits per heavy atom. The van der Waals surface area contributed by atoms with Crippen molar-refractivity contribution in [2.24, 2.45) is 5.92 Å². The molecule has 1 fully saturated rings. The summed E-state index contributed by atoms with van der Waals surface area (Å²) in [6, 6.07) is 8.36. The van der Waals surface area contributed by atoms with Crippen molar-refractivity contribution < 1.29 is 0 Å². The van der Waals surface area contributed by atoms with Crippen molar-refractivity contribution in [2.45, 2.75) is 19.4 Å². The first kappa shape index (κ1) is 12.8. The summed E-state index contributed by atoms with van der Waals surface area (Å²) in [6.45, 7) is 5.26. The highest BCUT2D eigenvalue weighted by Crippen LogP contribution is 2.29. The molecule has 1 saturated heterocycles. The van der Waals surface area contributed by atoms with E-state index >= 15 is 0 Å². The maximum Gasteiger partial charge on any atom is 0.0530 e. The van der Waals surface area contributed by atoms with Gasteiger partial charge in [0.25, 0.3) is 0 Å². The van der Waals surface area contributed by atoms with Crippen molar-refractivity contribution in [2.75, 3.05) is 19.6 Å². The molecule has 1 aromatic rings. The number of rotatable bonds is 5. The lowest BCUT2D eigenvalue weighted by atomic mass is 9.95. The molecular formula is C13H20ClN3. The first-order valence-corrected chi connectivity index (χ1v) is 6.64. The van der Waals surface area contributed by atoms with Crippen LogP contribution in [0.2, 0.25) is 5.02 Å². The van der Waals surface area contributed by atoms with E-state index in [0.717, 1.165) is 24.7 Å². The lowest BCUT2D eigenvalue weighted by Crippen LogP contribution is -2.29. The SMILES string of the molecule is CCCNCC1CNNC1c1ccccc1Cl. The Morgan fingerprint density at radius 2 is 2.24 bits per heavy atom. The molecule has 1 aromatic carbocycles. The van der Waals surface area contributed by atoms with Crippen LogP contribution in [-0.2, 0) is 0 Å². The highest BCUT2D eigenvalue weighted by Gasteiger charge is 2.28. The topological polar surface area (TPSA) is 36.1 Å². The van der Waals surface area contributed by atoms with Crippen molar-refractivity contribution in [3.8, 4) is 0 Å². The molecular weight excluding hydrogens is 234 g/mol. The molecule has 4 heteroatoms. The molecule has 0 aliphatic carbocycles. The predicted octanol–water partition coefficient (Wildman–Crippen LogP) is 2.10. The second-order valence-electron chi connectivity index (χ2n) is 4.49. The van der Waals surface area contributed by atoms with Gasteiger partial charge in [-0.05, 0) is 24.6 Å². The molecule has 1 aliphatic heterocycles. The molecule has 3 nitrogen and oxygen atoms in total. The lowest BCUT2D eigenvalue weighted by Gasteiger charge is -2.20. The fraction of sp³-hybridized carbons (Fsp3) is 0.538. The second kappa shape index (κ2) is 6.36. The second-order valence-corrected chi connectivity index (χ2v) is 4.90. The standard InChI is InChI=1S/C13H20ClN3/c1-2-7-15-8-10-9-16-17-13(10)11-5-3-4-6-12(11)14/h3-6,10,13,15-17H,2,7-9H2,1H3. The van der Waals surface area contributed by atoms with Gasteiger partial charge < -0.3 is 5.32 Å². The van der Waals surface area contributed by atoms with E-state index < -0.39 is 0 Å². The molecule has 1 aliphatic rings. The summed E-state index contributed by atoms with van der Waals surface area (Å²) in [5.74, 6) is 0.543. The van der Waals surface area contributed by atoms with Gasteiger partial charge in [-0.15, -0.1) is 0 Å². The van der Waals surface area contributed by atoms with E-state index in [1.54, 1.807) is 0 Å². The molecule has 0 bridgehead atoms. The van der Waals surface area contributed by atoms with Crippen LogP contribution in [0, 0.1) is 5.92 Å². The van der Waals surface area contributed by atoms with Crippen LogP contribution >= 0.6 is 11.6 Å². The first-order chi connectivity index (χ1) is 8.33. The fourth-order valence-electron chi connectivity index (χ4n) is 2.25. The Kier molecular flexibility index (Phi) is 4.80. The number of halogens is 1. The molecule has 0 radical (unpaired) electrons. The number of hydrazine groups is 1. The van der Waals surface area contributed by atoms with Crippen molar-refractivity contribution in [1.82, 2.24) is 16.2 Å². The van der Waals surface area contributed by atoms with Gasteiger partial charge in [-0.2, -0.15) is 0 Å². The Balaban J connectivity index is 2.02. The summed E-state index contributed by atoms with van der Waals surface area (Å²) in [7, 11) is 0. The zero-order valence-electron chi connectivity index (χ0n) is 10.2. The zero-order chi connectivity index (χ0) is 12.1. The summed E-state index contributed by atoms with van der Waals surface area (Å²) in [4.78, 5) is 0. The van der Waals surface area contributed by atoms with E-state index in [-0.39, 0.29) is 0 Å². The summed E-state index contributed by atoms with van der Waals surface area (Å²) in [6.07, 6.45) is 1.17. The molecule has 2 unspecified atom stereocenters. The van der Waals surface area contributed by atoms with Gasteiger partial charge in [-0.1, -0.05) is 36.7 Å². The van der Waals surface area contributed by atoms with Crippen molar-refractivity contribution in [3.05, 3.63) is 34.9 Å². The highest BCUT2D eigenvalue weighted by atomic mass is 35.5. The molecule has 2 atom stereocenters. The largest absolute Gasteiger partial charge is 0.316 e. The minimum absolute atomic E-state index is 0.299. The van der Waals surface area contributed by atoms with Crippen LogP contribution in [-0.4, -0.2) is 19.6 Å². The smallest absolute Gasteiger partial charge is 0.0530 e. The highest BCUT2D eigenvalue weighted by molar-refractivity contribution is 6.31. The van der Waals surface area contributed by atoms with Crippen LogP contribution in [0.3, 0.4) is 0 Å². The van der Waals surface area contributed by atoms with Gasteiger partial charge in [0, 0.05) is 24.0 Å². The first-order valence-electron chi connectivity index (χ1n) is 6.26. The fourth-order valence-corrected chi connectivity index (χ4v) is 2.50. The molecule has 17 heavy (non-hydrogen) atoms. The van der Waals surface area contributed by atoms with Gasteiger partial charge >= 0.3 is 0 Å². The van der Waals surface area contributed by atoms with Gasteiger partial charge in [0.05, 0.1) is 6.04 Å². The zero-order valence-corrected chi connectivity index (χ0v) is 10.9. The number of hydrogen-bond acceptors (Lipinski definition) is 3. The van der Waals surface area contributed by atoms with E-state index in [0.29, 0.717) is 12.0 Å². The van der Waals surface area contributed by atoms with E-state index in [1.165, 1.54) is 12.0 Å². The van der Waals surface area contributed by atoms with Crippen LogP contribution in [0.25, 0.3) is 0 Å². The lowest BCUT2D eigenvalue weighted by molar-refractivity contribution is 0.442. The van der Waals surface area contributed by atoms with Crippen molar-refractivity contribution >= 4 is 11.6 Å². The monoisotopic (exact) mass is 253 g/mol. The number of hydrogen-bond donors (Lipinski definition) is 3. The quantitative estimate of drug-likeness (QED) is 0.704. The van der Waals surface area contributed by atoms with Crippen LogP contribution in [0.15, 0.2) is 24.3 Å². The van der Waals surface area contributed by atoms with Gasteiger partial charge in [-0.3, -0.25) is 5.43 Å². The molecule has 2 rings (SSSR count). The molecule has 0 spiro atoms. The third kappa shape index (κ3) is 3.19. The van der Waals surface area contributed by atoms with Gasteiger partial charge in [0.15, 0.2) is 0 Å². The van der Waals surface area contributed by atoms with Crippen molar-refractivity contribution in [3.63, 3.8) is 0 Å². The summed E-state index contributed by atoms with van der Waals surface area (Å²) in [5, 5.41) is 4.31. The maximum atomic E-state index is 6.24. The average Bonchev–Trinajstić information content (AvgIpc) is 2.78. The average molecular weight is 254 g/mol. The molecule has 3 N–H and O–H groups in total. The molecule has 0 amide bonds. The predicted molar refractivity (Wildman–Crippen MR) is 72.0 cm³/mol. The van der Waals surface area contributed by atoms with E-state index in [1.807, 2.05) is 18.2 Å². The Hall–Kier alpha value is -0.610. The van der Waals surface area contributed by atoms with Crippen LogP contribution < -0.4 is 16.2 Å². The van der Waals surface area contributed by atoms with Gasteiger partial charge in [-0.25, -0.2) is 5.43 Å². The van der Waals surface area contributed by atoms with Crippen LogP contribution in [0.1, 0.15) is 24.9 Å². The summed E-state index contributed by atoms with van der Waals surface area (Å²) < 4.78 is 0. The third-order valence-corrected chi connectivity index (χ3v) is 3.51. The molecule has 0 saturated carbocycles. The molecule has 94 valence electrons. The van der Waals surface area contributed by atoms with E-state index in [2.05, 4.69) is 29.2 Å². The normalized spacial score (nSPS) is 24.1. The number of benzene rings is 1. The molecule has 1 heterocycles. The minimum Gasteiger partial charge on any atom is -0.316 e. The Bertz CT molecular complexity index is 356. The Labute approximate surface area is 108 Å². The number of nitrogens with one attached hydrogen (secondary N) is 3. The van der Waals surface area contributed by atoms with E-state index in [4.69, 9.17) is 11.6 Å². The van der Waals surface area contributed by atoms with Crippen LogP contribution in [0.4, 0.5) is 0 Å². The summed E-state index contributed by atoms with van der Waals surface area (Å²) in [5.41, 5.74) is 7.73.